The molecule has 68 valence electrons. The number of rotatable bonds is 2. The first-order valence-corrected chi connectivity index (χ1v) is 5.18. The molecule has 0 saturated carbocycles. The summed E-state index contributed by atoms with van der Waals surface area (Å²) in [5, 5.41) is 12.8. The van der Waals surface area contributed by atoms with E-state index in [1.165, 1.54) is 0 Å². The molecule has 0 aromatic carbocycles. The Kier molecular flexibility index (Phi) is 2.28. The van der Waals surface area contributed by atoms with Crippen LogP contribution in [0.15, 0.2) is 15.9 Å². The van der Waals surface area contributed by atoms with Crippen molar-refractivity contribution in [2.24, 2.45) is 0 Å². The van der Waals surface area contributed by atoms with Gasteiger partial charge in [0.25, 0.3) is 0 Å². The smallest absolute Gasteiger partial charge is 0.240 e. The highest BCUT2D eigenvalue weighted by molar-refractivity contribution is 9.10. The van der Waals surface area contributed by atoms with E-state index in [9.17, 15) is 0 Å². The number of hydrogen-bond acceptors (Lipinski definition) is 5. The largest absolute Gasteiger partial charge is 0.367 e. The second-order valence-electron chi connectivity index (χ2n) is 2.39. The Bertz CT molecular complexity index is 370. The van der Waals surface area contributed by atoms with Gasteiger partial charge in [-0.05, 0) is 37.8 Å². The Morgan fingerprint density at radius 1 is 1.62 bits per heavy atom. The van der Waals surface area contributed by atoms with E-state index in [0.717, 1.165) is 9.35 Å². The van der Waals surface area contributed by atoms with Gasteiger partial charge < -0.3 is 5.73 Å². The average Bonchev–Trinajstić information content (AvgIpc) is 2.65. The molecule has 2 rings (SSSR count). The molecule has 0 radical (unpaired) electrons. The lowest BCUT2D eigenvalue weighted by atomic mass is 10.5. The molecule has 0 aliphatic carbocycles. The molecule has 0 spiro atoms. The molecular formula is C6H6BrN5S. The Morgan fingerprint density at radius 2 is 2.46 bits per heavy atom. The molecule has 0 aliphatic rings. The topological polar surface area (TPSA) is 69.6 Å². The van der Waals surface area contributed by atoms with Gasteiger partial charge in [-0.15, -0.1) is 11.3 Å². The highest BCUT2D eigenvalue weighted by Gasteiger charge is 2.05. The van der Waals surface area contributed by atoms with Gasteiger partial charge in [0.05, 0.1) is 6.54 Å². The van der Waals surface area contributed by atoms with Crippen molar-refractivity contribution in [2.75, 3.05) is 5.73 Å². The first kappa shape index (κ1) is 8.64. The number of tetrazole rings is 1. The van der Waals surface area contributed by atoms with E-state index in [1.54, 1.807) is 16.0 Å². The van der Waals surface area contributed by atoms with Crippen molar-refractivity contribution in [1.82, 2.24) is 20.2 Å². The van der Waals surface area contributed by atoms with Crippen LogP contribution < -0.4 is 5.73 Å². The number of aromatic nitrogens is 4. The lowest BCUT2D eigenvalue weighted by molar-refractivity contribution is 0.660. The summed E-state index contributed by atoms with van der Waals surface area (Å²) in [6.45, 7) is 0.608. The molecule has 2 aromatic heterocycles. The lowest BCUT2D eigenvalue weighted by Crippen LogP contribution is -2.05. The van der Waals surface area contributed by atoms with Crippen LogP contribution in [0.4, 0.5) is 5.95 Å². The van der Waals surface area contributed by atoms with Gasteiger partial charge in [-0.2, -0.15) is 0 Å². The molecule has 0 aliphatic heterocycles. The normalized spacial score (nSPS) is 10.5. The second kappa shape index (κ2) is 3.43. The van der Waals surface area contributed by atoms with Crippen LogP contribution in [0.25, 0.3) is 0 Å². The van der Waals surface area contributed by atoms with Crippen molar-refractivity contribution in [1.29, 1.82) is 0 Å². The van der Waals surface area contributed by atoms with E-state index < -0.39 is 0 Å². The zero-order chi connectivity index (χ0) is 9.26. The van der Waals surface area contributed by atoms with E-state index in [-0.39, 0.29) is 0 Å². The Balaban J connectivity index is 2.24. The van der Waals surface area contributed by atoms with Gasteiger partial charge in [0, 0.05) is 9.35 Å². The van der Waals surface area contributed by atoms with E-state index >= 15 is 0 Å². The zero-order valence-electron chi connectivity index (χ0n) is 6.51. The lowest BCUT2D eigenvalue weighted by Gasteiger charge is -1.98. The molecule has 0 fully saturated rings. The molecule has 2 N–H and O–H groups in total. The number of thiophene rings is 1. The summed E-state index contributed by atoms with van der Waals surface area (Å²) in [5.41, 5.74) is 5.52. The Labute approximate surface area is 86.7 Å². The summed E-state index contributed by atoms with van der Waals surface area (Å²) in [6.07, 6.45) is 0. The van der Waals surface area contributed by atoms with Gasteiger partial charge >= 0.3 is 0 Å². The Morgan fingerprint density at radius 3 is 3.00 bits per heavy atom. The van der Waals surface area contributed by atoms with Gasteiger partial charge in [0.15, 0.2) is 0 Å². The number of nitrogens with two attached hydrogens (primary N) is 1. The molecule has 0 atom stereocenters. The minimum atomic E-state index is 0.334. The molecule has 13 heavy (non-hydrogen) atoms. The van der Waals surface area contributed by atoms with Crippen LogP contribution in [0.2, 0.25) is 0 Å². The van der Waals surface area contributed by atoms with E-state index in [0.29, 0.717) is 12.5 Å². The number of halogens is 1. The van der Waals surface area contributed by atoms with Crippen molar-refractivity contribution >= 4 is 33.2 Å². The minimum Gasteiger partial charge on any atom is -0.367 e. The van der Waals surface area contributed by atoms with E-state index in [1.807, 2.05) is 11.4 Å². The fourth-order valence-electron chi connectivity index (χ4n) is 0.898. The fraction of sp³-hybridized carbons (Fsp3) is 0.167. The van der Waals surface area contributed by atoms with Crippen LogP contribution in [0.1, 0.15) is 4.88 Å². The van der Waals surface area contributed by atoms with E-state index in [4.69, 9.17) is 5.73 Å². The first-order chi connectivity index (χ1) is 6.27. The highest BCUT2D eigenvalue weighted by Crippen LogP contribution is 2.23. The van der Waals surface area contributed by atoms with Gasteiger partial charge in [0.2, 0.25) is 5.95 Å². The van der Waals surface area contributed by atoms with E-state index in [2.05, 4.69) is 31.5 Å². The third-order valence-corrected chi connectivity index (χ3v) is 3.46. The second-order valence-corrected chi connectivity index (χ2v) is 4.24. The molecule has 0 bridgehead atoms. The molecule has 2 aromatic rings. The summed E-state index contributed by atoms with van der Waals surface area (Å²) in [5.74, 6) is 0.334. The summed E-state index contributed by atoms with van der Waals surface area (Å²) in [4.78, 5) is 1.15. The van der Waals surface area contributed by atoms with Crippen molar-refractivity contribution < 1.29 is 0 Å². The minimum absolute atomic E-state index is 0.334. The number of nitrogen functional groups attached to an aromatic ring is 1. The number of anilines is 1. The van der Waals surface area contributed by atoms with Crippen LogP contribution >= 0.6 is 27.3 Å². The van der Waals surface area contributed by atoms with Crippen LogP contribution in [-0.2, 0) is 6.54 Å². The highest BCUT2D eigenvalue weighted by atomic mass is 79.9. The quantitative estimate of drug-likeness (QED) is 0.878. The maximum atomic E-state index is 5.52. The average molecular weight is 260 g/mol. The van der Waals surface area contributed by atoms with Crippen LogP contribution in [0.5, 0.6) is 0 Å². The third kappa shape index (κ3) is 1.70. The predicted molar refractivity (Wildman–Crippen MR) is 53.4 cm³/mol. The molecule has 0 saturated heterocycles. The van der Waals surface area contributed by atoms with Gasteiger partial charge in [-0.25, -0.2) is 4.68 Å². The molecule has 0 unspecified atom stereocenters. The van der Waals surface area contributed by atoms with Crippen molar-refractivity contribution in [3.63, 3.8) is 0 Å². The summed E-state index contributed by atoms with van der Waals surface area (Å²) >= 11 is 5.06. The van der Waals surface area contributed by atoms with Gasteiger partial charge in [0.1, 0.15) is 0 Å². The summed E-state index contributed by atoms with van der Waals surface area (Å²) in [7, 11) is 0. The standard InChI is InChI=1S/C6H6BrN5S/c7-4-1-2-13-5(4)3-12-6(8)9-10-11-12/h1-2H,3H2,(H2,8,9,11). The monoisotopic (exact) mass is 259 g/mol. The first-order valence-electron chi connectivity index (χ1n) is 3.51. The molecule has 5 nitrogen and oxygen atoms in total. The third-order valence-electron chi connectivity index (χ3n) is 1.54. The molecular weight excluding hydrogens is 254 g/mol. The van der Waals surface area contributed by atoms with Crippen LogP contribution in [0.3, 0.4) is 0 Å². The predicted octanol–water partition coefficient (Wildman–Crippen LogP) is 1.13. The summed E-state index contributed by atoms with van der Waals surface area (Å²) in [6, 6.07) is 1.99. The van der Waals surface area contributed by atoms with Crippen molar-refractivity contribution in [3.05, 3.63) is 20.8 Å². The van der Waals surface area contributed by atoms with Gasteiger partial charge in [-0.3, -0.25) is 0 Å². The van der Waals surface area contributed by atoms with Gasteiger partial charge in [-0.1, -0.05) is 5.10 Å². The molecule has 0 amide bonds. The zero-order valence-corrected chi connectivity index (χ0v) is 8.92. The fourth-order valence-corrected chi connectivity index (χ4v) is 2.36. The number of nitrogens with zero attached hydrogens (tertiary/aromatic N) is 4. The Hall–Kier alpha value is -0.950. The van der Waals surface area contributed by atoms with Crippen molar-refractivity contribution in [2.45, 2.75) is 6.54 Å². The molecule has 2 heterocycles. The van der Waals surface area contributed by atoms with Crippen molar-refractivity contribution in [3.8, 4) is 0 Å². The summed E-state index contributed by atoms with van der Waals surface area (Å²) < 4.78 is 2.61. The number of hydrogen-bond donors (Lipinski definition) is 1. The maximum absolute atomic E-state index is 5.52. The molecule has 7 heteroatoms. The van der Waals surface area contributed by atoms with Crippen LogP contribution in [0, 0.1) is 0 Å². The SMILES string of the molecule is Nc1nnnn1Cc1sccc1Br. The maximum Gasteiger partial charge on any atom is 0.240 e. The van der Waals surface area contributed by atoms with Crippen LogP contribution in [-0.4, -0.2) is 20.2 Å².